The quantitative estimate of drug-likeness (QED) is 0.557. The molecular weight excluding hydrogens is 374 g/mol. The number of sulfonamides is 1. The van der Waals surface area contributed by atoms with Gasteiger partial charge in [0.15, 0.2) is 0 Å². The third-order valence-electron chi connectivity index (χ3n) is 5.07. The summed E-state index contributed by atoms with van der Waals surface area (Å²) < 4.78 is 32.5. The number of carbonyl (C=O) groups excluding carboxylic acids is 1. The highest BCUT2D eigenvalue weighted by Crippen LogP contribution is 2.28. The topological polar surface area (TPSA) is 110 Å². The molecule has 2 saturated heterocycles. The fourth-order valence-corrected chi connectivity index (χ4v) is 5.04. The first-order valence-electron chi connectivity index (χ1n) is 8.92. The number of carbonyl (C=O) groups is 1. The van der Waals surface area contributed by atoms with Crippen LogP contribution in [-0.2, 0) is 19.6 Å². The SMILES string of the molecule is Cc1ccc(S(=O)(=O)N2CCCC(C(=O)N3CCOCC3)C2)cc1[N+](=O)[O-]. The van der Waals surface area contributed by atoms with E-state index in [1.54, 1.807) is 11.8 Å². The van der Waals surface area contributed by atoms with Crippen molar-refractivity contribution in [2.24, 2.45) is 5.92 Å². The third-order valence-corrected chi connectivity index (χ3v) is 6.93. The number of nitro groups is 1. The van der Waals surface area contributed by atoms with E-state index in [4.69, 9.17) is 4.74 Å². The van der Waals surface area contributed by atoms with Gasteiger partial charge in [-0.1, -0.05) is 6.07 Å². The summed E-state index contributed by atoms with van der Waals surface area (Å²) in [4.78, 5) is 24.9. The van der Waals surface area contributed by atoms with Gasteiger partial charge in [0.1, 0.15) is 0 Å². The molecule has 0 spiro atoms. The minimum Gasteiger partial charge on any atom is -0.378 e. The van der Waals surface area contributed by atoms with Crippen molar-refractivity contribution in [3.05, 3.63) is 33.9 Å². The smallest absolute Gasteiger partial charge is 0.273 e. The maximum atomic E-state index is 13.0. The van der Waals surface area contributed by atoms with Crippen LogP contribution in [0.1, 0.15) is 18.4 Å². The molecule has 0 bridgehead atoms. The van der Waals surface area contributed by atoms with E-state index in [0.717, 1.165) is 6.07 Å². The van der Waals surface area contributed by atoms with Crippen LogP contribution in [0.5, 0.6) is 0 Å². The van der Waals surface area contributed by atoms with Gasteiger partial charge in [0.2, 0.25) is 15.9 Å². The second-order valence-corrected chi connectivity index (χ2v) is 8.78. The van der Waals surface area contributed by atoms with Crippen LogP contribution in [0, 0.1) is 23.0 Å². The van der Waals surface area contributed by atoms with E-state index in [0.29, 0.717) is 51.3 Å². The van der Waals surface area contributed by atoms with Crippen molar-refractivity contribution in [2.75, 3.05) is 39.4 Å². The second kappa shape index (κ2) is 7.91. The van der Waals surface area contributed by atoms with Crippen molar-refractivity contribution in [1.29, 1.82) is 0 Å². The van der Waals surface area contributed by atoms with Gasteiger partial charge in [-0.05, 0) is 25.8 Å². The van der Waals surface area contributed by atoms with Crippen LogP contribution in [0.2, 0.25) is 0 Å². The number of piperidine rings is 1. The minimum absolute atomic E-state index is 0.0481. The molecule has 3 rings (SSSR count). The fourth-order valence-electron chi connectivity index (χ4n) is 3.50. The van der Waals surface area contributed by atoms with Crippen molar-refractivity contribution in [2.45, 2.75) is 24.7 Å². The zero-order valence-corrected chi connectivity index (χ0v) is 16.0. The Hall–Kier alpha value is -2.04. The van der Waals surface area contributed by atoms with Gasteiger partial charge in [-0.25, -0.2) is 8.42 Å². The van der Waals surface area contributed by atoms with Gasteiger partial charge in [-0.3, -0.25) is 14.9 Å². The Morgan fingerprint density at radius 3 is 2.63 bits per heavy atom. The summed E-state index contributed by atoms with van der Waals surface area (Å²) in [7, 11) is -3.90. The summed E-state index contributed by atoms with van der Waals surface area (Å²) in [5, 5.41) is 11.1. The molecule has 0 N–H and O–H groups in total. The van der Waals surface area contributed by atoms with E-state index in [2.05, 4.69) is 0 Å². The molecule has 9 nitrogen and oxygen atoms in total. The van der Waals surface area contributed by atoms with Gasteiger partial charge in [0.25, 0.3) is 5.69 Å². The molecule has 1 unspecified atom stereocenters. The summed E-state index contributed by atoms with van der Waals surface area (Å²) in [5.41, 5.74) is 0.173. The lowest BCUT2D eigenvalue weighted by Crippen LogP contribution is -2.49. The lowest BCUT2D eigenvalue weighted by Gasteiger charge is -2.35. The first-order chi connectivity index (χ1) is 12.8. The number of ether oxygens (including phenoxy) is 1. The molecular formula is C17H23N3O6S. The fraction of sp³-hybridized carbons (Fsp3) is 0.588. The lowest BCUT2D eigenvalue weighted by atomic mass is 9.98. The van der Waals surface area contributed by atoms with E-state index in [9.17, 15) is 23.3 Å². The Balaban J connectivity index is 1.79. The van der Waals surface area contributed by atoms with Crippen molar-refractivity contribution in [3.63, 3.8) is 0 Å². The van der Waals surface area contributed by atoms with Crippen molar-refractivity contribution in [1.82, 2.24) is 9.21 Å². The highest BCUT2D eigenvalue weighted by molar-refractivity contribution is 7.89. The zero-order valence-electron chi connectivity index (χ0n) is 15.2. The minimum atomic E-state index is -3.90. The average molecular weight is 397 g/mol. The molecule has 1 atom stereocenters. The summed E-state index contributed by atoms with van der Waals surface area (Å²) in [6, 6.07) is 3.91. The Bertz CT molecular complexity index is 835. The molecule has 2 heterocycles. The number of benzene rings is 1. The lowest BCUT2D eigenvalue weighted by molar-refractivity contribution is -0.385. The summed E-state index contributed by atoms with van der Waals surface area (Å²) in [5.74, 6) is -0.444. The molecule has 2 fully saturated rings. The maximum absolute atomic E-state index is 13.0. The first kappa shape index (κ1) is 19.7. The summed E-state index contributed by atoms with van der Waals surface area (Å²) in [6.07, 6.45) is 1.21. The van der Waals surface area contributed by atoms with Gasteiger partial charge in [-0.15, -0.1) is 0 Å². The Kier molecular flexibility index (Phi) is 5.78. The third kappa shape index (κ3) is 4.12. The normalized spacial score (nSPS) is 21.8. The second-order valence-electron chi connectivity index (χ2n) is 6.85. The molecule has 10 heteroatoms. The largest absolute Gasteiger partial charge is 0.378 e. The highest BCUT2D eigenvalue weighted by Gasteiger charge is 2.36. The van der Waals surface area contributed by atoms with Crippen LogP contribution in [0.25, 0.3) is 0 Å². The van der Waals surface area contributed by atoms with Crippen LogP contribution < -0.4 is 0 Å². The standard InChI is InChI=1S/C17H23N3O6S/c1-13-4-5-15(11-16(13)20(22)23)27(24,25)19-6-2-3-14(12-19)17(21)18-7-9-26-10-8-18/h4-5,11,14H,2-3,6-10,12H2,1H3. The van der Waals surface area contributed by atoms with Gasteiger partial charge in [0.05, 0.1) is 29.0 Å². The molecule has 0 aliphatic carbocycles. The molecule has 0 aromatic heterocycles. The molecule has 2 aliphatic heterocycles. The molecule has 148 valence electrons. The summed E-state index contributed by atoms with van der Waals surface area (Å²) in [6.45, 7) is 3.99. The van der Waals surface area contributed by atoms with Crippen molar-refractivity contribution < 1.29 is 22.9 Å². The van der Waals surface area contributed by atoms with Crippen LogP contribution in [0.4, 0.5) is 5.69 Å². The number of amides is 1. The number of rotatable bonds is 4. The monoisotopic (exact) mass is 397 g/mol. The van der Waals surface area contributed by atoms with Crippen LogP contribution >= 0.6 is 0 Å². The molecule has 1 amide bonds. The molecule has 1 aromatic rings. The number of hydrogen-bond donors (Lipinski definition) is 0. The number of morpholine rings is 1. The average Bonchev–Trinajstić information content (AvgIpc) is 2.68. The molecule has 0 radical (unpaired) electrons. The number of nitro benzene ring substituents is 1. The highest BCUT2D eigenvalue weighted by atomic mass is 32.2. The predicted octanol–water partition coefficient (Wildman–Crippen LogP) is 1.16. The van der Waals surface area contributed by atoms with Gasteiger partial charge in [0, 0.05) is 37.8 Å². The van der Waals surface area contributed by atoms with Crippen LogP contribution in [0.3, 0.4) is 0 Å². The number of hydrogen-bond acceptors (Lipinski definition) is 6. The van der Waals surface area contributed by atoms with Gasteiger partial charge in [-0.2, -0.15) is 4.31 Å². The van der Waals surface area contributed by atoms with E-state index in [-0.39, 0.29) is 23.0 Å². The number of aryl methyl sites for hydroxylation is 1. The van der Waals surface area contributed by atoms with Crippen molar-refractivity contribution >= 4 is 21.6 Å². The molecule has 1 aromatic carbocycles. The Morgan fingerprint density at radius 2 is 1.96 bits per heavy atom. The summed E-state index contributed by atoms with van der Waals surface area (Å²) >= 11 is 0. The van der Waals surface area contributed by atoms with E-state index >= 15 is 0 Å². The predicted molar refractivity (Wildman–Crippen MR) is 96.7 cm³/mol. The Labute approximate surface area is 158 Å². The number of nitrogens with zero attached hydrogens (tertiary/aromatic N) is 3. The van der Waals surface area contributed by atoms with E-state index < -0.39 is 20.9 Å². The molecule has 27 heavy (non-hydrogen) atoms. The maximum Gasteiger partial charge on any atom is 0.273 e. The van der Waals surface area contributed by atoms with Crippen molar-refractivity contribution in [3.8, 4) is 0 Å². The van der Waals surface area contributed by atoms with E-state index in [1.807, 2.05) is 0 Å². The van der Waals surface area contributed by atoms with Gasteiger partial charge >= 0.3 is 0 Å². The molecule has 0 saturated carbocycles. The van der Waals surface area contributed by atoms with Gasteiger partial charge < -0.3 is 9.64 Å². The van der Waals surface area contributed by atoms with Crippen LogP contribution in [0.15, 0.2) is 23.1 Å². The Morgan fingerprint density at radius 1 is 1.26 bits per heavy atom. The zero-order chi connectivity index (χ0) is 19.6. The molecule has 2 aliphatic rings. The first-order valence-corrected chi connectivity index (χ1v) is 10.4. The van der Waals surface area contributed by atoms with Crippen LogP contribution in [-0.4, -0.2) is 67.8 Å². The van der Waals surface area contributed by atoms with E-state index in [1.165, 1.54) is 16.4 Å².